The summed E-state index contributed by atoms with van der Waals surface area (Å²) in [5.74, 6) is -4.74. The Bertz CT molecular complexity index is 1160. The number of imide groups is 1. The summed E-state index contributed by atoms with van der Waals surface area (Å²) in [6, 6.07) is 3.56. The number of nitrogens with one attached hydrogen (secondary N) is 1. The number of anilines is 1. The third-order valence-corrected chi connectivity index (χ3v) is 4.41. The molecule has 1 aromatic carbocycles. The Kier molecular flexibility index (Phi) is 4.92. The molecule has 0 saturated heterocycles. The van der Waals surface area contributed by atoms with Crippen LogP contribution in [-0.2, 0) is 4.79 Å². The number of hydrogen-bond donors (Lipinski definition) is 2. The van der Waals surface area contributed by atoms with Gasteiger partial charge in [-0.2, -0.15) is 0 Å². The molecule has 3 rings (SSSR count). The van der Waals surface area contributed by atoms with E-state index in [0.29, 0.717) is 4.90 Å². The van der Waals surface area contributed by atoms with E-state index < -0.39 is 58.0 Å². The molecular weight excluding hydrogens is 400 g/mol. The lowest BCUT2D eigenvalue weighted by molar-refractivity contribution is -0.385. The number of nitro groups is 1. The van der Waals surface area contributed by atoms with Crippen molar-refractivity contribution in [2.24, 2.45) is 5.73 Å². The fourth-order valence-electron chi connectivity index (χ4n) is 3.21. The number of Topliss-reactive ketones (excluding diaryl/α,β-unsaturated/α-hetero) is 1. The fourth-order valence-corrected chi connectivity index (χ4v) is 3.21. The lowest BCUT2D eigenvalue weighted by atomic mass is 10.1. The number of nitrogens with two attached hydrogens (primary N) is 1. The molecule has 2 aromatic rings. The van der Waals surface area contributed by atoms with Gasteiger partial charge in [-0.3, -0.25) is 44.3 Å². The van der Waals surface area contributed by atoms with Gasteiger partial charge in [-0.15, -0.1) is 0 Å². The van der Waals surface area contributed by atoms with Gasteiger partial charge in [0.05, 0.1) is 16.1 Å². The molecule has 0 saturated carbocycles. The van der Waals surface area contributed by atoms with E-state index in [1.54, 1.807) is 0 Å². The highest BCUT2D eigenvalue weighted by atomic mass is 16.6. The van der Waals surface area contributed by atoms with Crippen LogP contribution in [0.3, 0.4) is 0 Å². The first-order valence-corrected chi connectivity index (χ1v) is 8.42. The van der Waals surface area contributed by atoms with Crippen LogP contribution in [0.2, 0.25) is 0 Å². The fraction of sp³-hybridized carbons (Fsp3) is 0.167. The van der Waals surface area contributed by atoms with E-state index in [0.717, 1.165) is 6.07 Å². The second kappa shape index (κ2) is 7.24. The van der Waals surface area contributed by atoms with Crippen LogP contribution in [-0.4, -0.2) is 45.8 Å². The highest BCUT2D eigenvalue weighted by molar-refractivity contribution is 6.24. The van der Waals surface area contributed by atoms with Crippen molar-refractivity contribution in [1.29, 1.82) is 0 Å². The highest BCUT2D eigenvalue weighted by Gasteiger charge is 2.42. The minimum Gasteiger partial charge on any atom is -0.444 e. The monoisotopic (exact) mass is 414 g/mol. The summed E-state index contributed by atoms with van der Waals surface area (Å²) in [4.78, 5) is 71.7. The molecule has 30 heavy (non-hydrogen) atoms. The maximum atomic E-state index is 12.5. The van der Waals surface area contributed by atoms with Crippen molar-refractivity contribution in [3.8, 4) is 0 Å². The summed E-state index contributed by atoms with van der Waals surface area (Å²) in [6.07, 6.45) is 0. The molecule has 2 heterocycles. The van der Waals surface area contributed by atoms with Gasteiger partial charge in [-0.05, 0) is 19.9 Å². The predicted molar refractivity (Wildman–Crippen MR) is 99.1 cm³/mol. The third-order valence-electron chi connectivity index (χ3n) is 4.41. The van der Waals surface area contributed by atoms with Gasteiger partial charge >= 0.3 is 0 Å². The SMILES string of the molecule is CC(=O)c1c(C)oc(NC(=O)CN2C(=O)c3cccc([N+](=O)[O-])c3C2=O)c1C(N)=O. The first kappa shape index (κ1) is 20.4. The lowest BCUT2D eigenvalue weighted by Crippen LogP contribution is -2.37. The van der Waals surface area contributed by atoms with Gasteiger partial charge in [0.1, 0.15) is 23.4 Å². The number of nitrogens with zero attached hydrogens (tertiary/aromatic N) is 2. The smallest absolute Gasteiger partial charge is 0.282 e. The third kappa shape index (κ3) is 3.19. The second-order valence-electron chi connectivity index (χ2n) is 6.36. The summed E-state index contributed by atoms with van der Waals surface area (Å²) in [5.41, 5.74) is 3.65. The van der Waals surface area contributed by atoms with E-state index in [-0.39, 0.29) is 22.5 Å². The molecule has 0 bridgehead atoms. The van der Waals surface area contributed by atoms with E-state index >= 15 is 0 Å². The zero-order valence-corrected chi connectivity index (χ0v) is 15.7. The molecule has 0 spiro atoms. The average molecular weight is 414 g/mol. The number of benzene rings is 1. The van der Waals surface area contributed by atoms with Crippen molar-refractivity contribution in [3.63, 3.8) is 0 Å². The van der Waals surface area contributed by atoms with Crippen LogP contribution in [0.15, 0.2) is 22.6 Å². The molecular formula is C18H14N4O8. The van der Waals surface area contributed by atoms with Crippen LogP contribution in [0.4, 0.5) is 11.6 Å². The number of primary amides is 1. The molecule has 4 amide bonds. The Balaban J connectivity index is 1.87. The first-order chi connectivity index (χ1) is 14.0. The van der Waals surface area contributed by atoms with Crippen LogP contribution in [0.25, 0.3) is 0 Å². The van der Waals surface area contributed by atoms with Crippen molar-refractivity contribution >= 4 is 41.0 Å². The Morgan fingerprint density at radius 2 is 1.87 bits per heavy atom. The Morgan fingerprint density at radius 1 is 1.20 bits per heavy atom. The van der Waals surface area contributed by atoms with Gasteiger partial charge in [0.25, 0.3) is 23.4 Å². The molecule has 12 heteroatoms. The summed E-state index contributed by atoms with van der Waals surface area (Å²) in [5, 5.41) is 13.3. The molecule has 0 atom stereocenters. The summed E-state index contributed by atoms with van der Waals surface area (Å²) < 4.78 is 5.24. The van der Waals surface area contributed by atoms with Crippen LogP contribution in [0, 0.1) is 17.0 Å². The number of fused-ring (bicyclic) bond motifs is 1. The molecule has 0 aliphatic carbocycles. The maximum Gasteiger partial charge on any atom is 0.282 e. The number of aryl methyl sites for hydroxylation is 1. The molecule has 1 aromatic heterocycles. The number of ketones is 1. The summed E-state index contributed by atoms with van der Waals surface area (Å²) >= 11 is 0. The number of amides is 4. The van der Waals surface area contributed by atoms with Crippen LogP contribution in [0.5, 0.6) is 0 Å². The zero-order valence-electron chi connectivity index (χ0n) is 15.7. The summed E-state index contributed by atoms with van der Waals surface area (Å²) in [7, 11) is 0. The van der Waals surface area contributed by atoms with Gasteiger partial charge in [0.15, 0.2) is 5.78 Å². The normalized spacial score (nSPS) is 12.7. The van der Waals surface area contributed by atoms with E-state index in [2.05, 4.69) is 5.32 Å². The average Bonchev–Trinajstić information content (AvgIpc) is 3.11. The Morgan fingerprint density at radius 3 is 2.43 bits per heavy atom. The standard InChI is InChI=1S/C18H14N4O8/c1-7(23)12-8(2)30-16(14(12)15(19)25)20-11(24)6-21-17(26)9-4-3-5-10(22(28)29)13(9)18(21)27/h3-5H,6H2,1-2H3,(H2,19,25)(H,20,24). The number of hydrogen-bond acceptors (Lipinski definition) is 8. The number of nitro benzene ring substituents is 1. The van der Waals surface area contributed by atoms with Gasteiger partial charge in [-0.1, -0.05) is 6.07 Å². The van der Waals surface area contributed by atoms with Crippen LogP contribution in [0.1, 0.15) is 54.1 Å². The number of furan rings is 1. The van der Waals surface area contributed by atoms with Gasteiger partial charge in [-0.25, -0.2) is 0 Å². The van der Waals surface area contributed by atoms with E-state index in [4.69, 9.17) is 10.2 Å². The highest BCUT2D eigenvalue weighted by Crippen LogP contribution is 2.31. The Labute approximate surface area is 167 Å². The minimum absolute atomic E-state index is 0.0444. The topological polar surface area (TPSA) is 183 Å². The Hall–Kier alpha value is -4.35. The largest absolute Gasteiger partial charge is 0.444 e. The minimum atomic E-state index is -1.02. The van der Waals surface area contributed by atoms with Gasteiger partial charge in [0.2, 0.25) is 11.8 Å². The molecule has 0 unspecified atom stereocenters. The van der Waals surface area contributed by atoms with Crippen LogP contribution >= 0.6 is 0 Å². The van der Waals surface area contributed by atoms with Gasteiger partial charge < -0.3 is 10.2 Å². The molecule has 1 aliphatic rings. The number of carbonyl (C=O) groups excluding carboxylic acids is 5. The number of rotatable bonds is 6. The van der Waals surface area contributed by atoms with Crippen molar-refractivity contribution < 1.29 is 33.3 Å². The molecule has 0 radical (unpaired) electrons. The van der Waals surface area contributed by atoms with Crippen molar-refractivity contribution in [1.82, 2.24) is 4.90 Å². The van der Waals surface area contributed by atoms with E-state index in [9.17, 15) is 34.1 Å². The maximum absolute atomic E-state index is 12.5. The zero-order chi connectivity index (χ0) is 22.3. The molecule has 1 aliphatic heterocycles. The van der Waals surface area contributed by atoms with Crippen LogP contribution < -0.4 is 11.1 Å². The van der Waals surface area contributed by atoms with Crippen molar-refractivity contribution in [3.05, 3.63) is 56.3 Å². The van der Waals surface area contributed by atoms with E-state index in [1.807, 2.05) is 0 Å². The summed E-state index contributed by atoms with van der Waals surface area (Å²) in [6.45, 7) is 1.76. The molecule has 3 N–H and O–H groups in total. The van der Waals surface area contributed by atoms with E-state index in [1.165, 1.54) is 26.0 Å². The number of carbonyl (C=O) groups is 5. The van der Waals surface area contributed by atoms with Crippen molar-refractivity contribution in [2.75, 3.05) is 11.9 Å². The van der Waals surface area contributed by atoms with Gasteiger partial charge in [0, 0.05) is 6.07 Å². The quantitative estimate of drug-likeness (QED) is 0.304. The second-order valence-corrected chi connectivity index (χ2v) is 6.36. The molecule has 0 fully saturated rings. The predicted octanol–water partition coefficient (Wildman–Crippen LogP) is 1.03. The lowest BCUT2D eigenvalue weighted by Gasteiger charge is -2.13. The molecule has 12 nitrogen and oxygen atoms in total. The molecule has 154 valence electrons. The first-order valence-electron chi connectivity index (χ1n) is 8.42. The van der Waals surface area contributed by atoms with Crippen molar-refractivity contribution in [2.45, 2.75) is 13.8 Å².